The van der Waals surface area contributed by atoms with E-state index in [1.807, 2.05) is 32.0 Å². The summed E-state index contributed by atoms with van der Waals surface area (Å²) >= 11 is 3.43. The van der Waals surface area contributed by atoms with Gasteiger partial charge in [0.1, 0.15) is 5.75 Å². The molecule has 0 unspecified atom stereocenters. The molecule has 0 saturated heterocycles. The van der Waals surface area contributed by atoms with Gasteiger partial charge in [0, 0.05) is 15.6 Å². The number of ketones is 1. The Morgan fingerprint density at radius 3 is 2.26 bits per heavy atom. The molecular formula is C16H15BrO2. The largest absolute Gasteiger partial charge is 0.497 e. The van der Waals surface area contributed by atoms with Crippen molar-refractivity contribution < 1.29 is 9.53 Å². The fourth-order valence-corrected chi connectivity index (χ4v) is 2.65. The van der Waals surface area contributed by atoms with Gasteiger partial charge in [0.05, 0.1) is 7.11 Å². The zero-order valence-corrected chi connectivity index (χ0v) is 12.7. The van der Waals surface area contributed by atoms with Gasteiger partial charge in [-0.25, -0.2) is 0 Å². The van der Waals surface area contributed by atoms with Crippen LogP contribution in [0.5, 0.6) is 5.75 Å². The lowest BCUT2D eigenvalue weighted by atomic mass is 9.95. The first-order valence-electron chi connectivity index (χ1n) is 5.99. The van der Waals surface area contributed by atoms with Gasteiger partial charge in [-0.05, 0) is 59.1 Å². The van der Waals surface area contributed by atoms with Crippen LogP contribution in [-0.4, -0.2) is 12.9 Å². The van der Waals surface area contributed by atoms with Crippen molar-refractivity contribution in [2.45, 2.75) is 13.8 Å². The molecule has 0 bridgehead atoms. The molecule has 2 nitrogen and oxygen atoms in total. The van der Waals surface area contributed by atoms with Gasteiger partial charge in [0.2, 0.25) is 0 Å². The lowest BCUT2D eigenvalue weighted by Crippen LogP contribution is -2.07. The summed E-state index contributed by atoms with van der Waals surface area (Å²) in [6, 6.07) is 11.3. The van der Waals surface area contributed by atoms with Crippen molar-refractivity contribution >= 4 is 21.7 Å². The van der Waals surface area contributed by atoms with Gasteiger partial charge >= 0.3 is 0 Å². The van der Waals surface area contributed by atoms with E-state index in [0.717, 1.165) is 26.9 Å². The zero-order valence-electron chi connectivity index (χ0n) is 11.2. The van der Waals surface area contributed by atoms with Gasteiger partial charge in [0.15, 0.2) is 5.78 Å². The summed E-state index contributed by atoms with van der Waals surface area (Å²) in [6.45, 7) is 3.91. The predicted octanol–water partition coefficient (Wildman–Crippen LogP) is 4.31. The Labute approximate surface area is 121 Å². The minimum atomic E-state index is 0.0325. The van der Waals surface area contributed by atoms with E-state index >= 15 is 0 Å². The molecule has 0 saturated carbocycles. The van der Waals surface area contributed by atoms with E-state index < -0.39 is 0 Å². The van der Waals surface area contributed by atoms with Crippen molar-refractivity contribution in [3.05, 3.63) is 63.1 Å². The van der Waals surface area contributed by atoms with Crippen LogP contribution in [0.1, 0.15) is 27.0 Å². The van der Waals surface area contributed by atoms with Crippen LogP contribution < -0.4 is 4.74 Å². The minimum absolute atomic E-state index is 0.0325. The van der Waals surface area contributed by atoms with E-state index in [1.54, 1.807) is 25.3 Å². The molecule has 0 fully saturated rings. The zero-order chi connectivity index (χ0) is 14.0. The van der Waals surface area contributed by atoms with Crippen LogP contribution in [0, 0.1) is 13.8 Å². The summed E-state index contributed by atoms with van der Waals surface area (Å²) in [4.78, 5) is 12.6. The van der Waals surface area contributed by atoms with Crippen LogP contribution >= 0.6 is 15.9 Å². The highest BCUT2D eigenvalue weighted by Gasteiger charge is 2.17. The van der Waals surface area contributed by atoms with Gasteiger partial charge in [-0.1, -0.05) is 18.2 Å². The highest BCUT2D eigenvalue weighted by molar-refractivity contribution is 9.10. The number of aryl methyl sites for hydroxylation is 2. The number of benzene rings is 2. The number of rotatable bonds is 3. The van der Waals surface area contributed by atoms with Crippen LogP contribution in [0.4, 0.5) is 0 Å². The highest BCUT2D eigenvalue weighted by atomic mass is 79.9. The molecule has 2 aromatic rings. The maximum Gasteiger partial charge on any atom is 0.194 e. The molecule has 0 aliphatic rings. The summed E-state index contributed by atoms with van der Waals surface area (Å²) in [5.74, 6) is 0.759. The third-order valence-corrected chi connectivity index (χ3v) is 3.79. The number of carbonyl (C=O) groups excluding carboxylic acids is 1. The van der Waals surface area contributed by atoms with Crippen LogP contribution in [0.25, 0.3) is 0 Å². The maximum absolute atomic E-state index is 12.6. The molecule has 0 N–H and O–H groups in total. The lowest BCUT2D eigenvalue weighted by molar-refractivity contribution is 0.103. The van der Waals surface area contributed by atoms with Crippen molar-refractivity contribution in [3.63, 3.8) is 0 Å². The lowest BCUT2D eigenvalue weighted by Gasteiger charge is -2.10. The van der Waals surface area contributed by atoms with Crippen molar-refractivity contribution in [2.75, 3.05) is 7.11 Å². The topological polar surface area (TPSA) is 26.3 Å². The van der Waals surface area contributed by atoms with E-state index in [0.29, 0.717) is 5.56 Å². The van der Waals surface area contributed by atoms with Crippen molar-refractivity contribution in [1.29, 1.82) is 0 Å². The molecule has 2 rings (SSSR count). The molecule has 0 aromatic heterocycles. The second-order valence-electron chi connectivity index (χ2n) is 4.44. The van der Waals surface area contributed by atoms with Crippen molar-refractivity contribution in [1.82, 2.24) is 0 Å². The molecule has 0 radical (unpaired) electrons. The third-order valence-electron chi connectivity index (χ3n) is 3.13. The number of halogens is 1. The Kier molecular flexibility index (Phi) is 4.05. The summed E-state index contributed by atoms with van der Waals surface area (Å²) in [6.07, 6.45) is 0. The van der Waals surface area contributed by atoms with E-state index in [9.17, 15) is 4.79 Å². The first kappa shape index (κ1) is 13.8. The molecule has 0 atom stereocenters. The summed E-state index contributed by atoms with van der Waals surface area (Å²) in [7, 11) is 1.61. The Bertz CT molecular complexity index is 612. The molecule has 0 aliphatic carbocycles. The van der Waals surface area contributed by atoms with Gasteiger partial charge < -0.3 is 4.74 Å². The Hall–Kier alpha value is -1.61. The second kappa shape index (κ2) is 5.57. The molecule has 98 valence electrons. The van der Waals surface area contributed by atoms with Gasteiger partial charge in [-0.3, -0.25) is 4.79 Å². The second-order valence-corrected chi connectivity index (χ2v) is 5.30. The fraction of sp³-hybridized carbons (Fsp3) is 0.188. The summed E-state index contributed by atoms with van der Waals surface area (Å²) in [5, 5.41) is 0. The minimum Gasteiger partial charge on any atom is -0.497 e. The average Bonchev–Trinajstić information content (AvgIpc) is 2.38. The van der Waals surface area contributed by atoms with E-state index in [-0.39, 0.29) is 5.78 Å². The fourth-order valence-electron chi connectivity index (χ4n) is 2.11. The van der Waals surface area contributed by atoms with E-state index in [2.05, 4.69) is 15.9 Å². The highest BCUT2D eigenvalue weighted by Crippen LogP contribution is 2.27. The molecule has 0 amide bonds. The molecule has 19 heavy (non-hydrogen) atoms. The average molecular weight is 319 g/mol. The SMILES string of the molecule is COc1ccc(C(=O)c2c(C)cccc2C)c(Br)c1. The molecule has 2 aromatic carbocycles. The van der Waals surface area contributed by atoms with Gasteiger partial charge in [-0.2, -0.15) is 0 Å². The number of carbonyl (C=O) groups is 1. The summed E-state index contributed by atoms with van der Waals surface area (Å²) in [5.41, 5.74) is 3.41. The summed E-state index contributed by atoms with van der Waals surface area (Å²) < 4.78 is 5.89. The Balaban J connectivity index is 2.51. The van der Waals surface area contributed by atoms with E-state index in [4.69, 9.17) is 4.74 Å². The molecule has 0 spiro atoms. The molecule has 0 aliphatic heterocycles. The van der Waals surface area contributed by atoms with Crippen molar-refractivity contribution in [2.24, 2.45) is 0 Å². The van der Waals surface area contributed by atoms with Crippen LogP contribution in [0.3, 0.4) is 0 Å². The number of methoxy groups -OCH3 is 1. The standard InChI is InChI=1S/C16H15BrO2/c1-10-5-4-6-11(2)15(10)16(18)13-8-7-12(19-3)9-14(13)17/h4-9H,1-3H3. The Morgan fingerprint density at radius 2 is 1.74 bits per heavy atom. The third kappa shape index (κ3) is 2.71. The van der Waals surface area contributed by atoms with Crippen LogP contribution in [-0.2, 0) is 0 Å². The number of hydrogen-bond acceptors (Lipinski definition) is 2. The maximum atomic E-state index is 12.6. The van der Waals surface area contributed by atoms with Crippen LogP contribution in [0.15, 0.2) is 40.9 Å². The molecular weight excluding hydrogens is 304 g/mol. The van der Waals surface area contributed by atoms with Crippen molar-refractivity contribution in [3.8, 4) is 5.75 Å². The first-order valence-corrected chi connectivity index (χ1v) is 6.78. The monoisotopic (exact) mass is 318 g/mol. The quantitative estimate of drug-likeness (QED) is 0.788. The van der Waals surface area contributed by atoms with Gasteiger partial charge in [0.25, 0.3) is 0 Å². The normalized spacial score (nSPS) is 10.3. The Morgan fingerprint density at radius 1 is 1.11 bits per heavy atom. The van der Waals surface area contributed by atoms with Crippen LogP contribution in [0.2, 0.25) is 0 Å². The molecule has 0 heterocycles. The van der Waals surface area contributed by atoms with Gasteiger partial charge in [-0.15, -0.1) is 0 Å². The molecule has 3 heteroatoms. The smallest absolute Gasteiger partial charge is 0.194 e. The first-order chi connectivity index (χ1) is 9.04. The van der Waals surface area contributed by atoms with E-state index in [1.165, 1.54) is 0 Å². The number of hydrogen-bond donors (Lipinski definition) is 0. The number of ether oxygens (including phenoxy) is 1. The predicted molar refractivity (Wildman–Crippen MR) is 80.0 cm³/mol.